The molecule has 0 radical (unpaired) electrons. The van der Waals surface area contributed by atoms with E-state index in [-0.39, 0.29) is 7.52 Å². The summed E-state index contributed by atoms with van der Waals surface area (Å²) in [7, 11) is 0. The lowest BCUT2D eigenvalue weighted by Crippen LogP contribution is -2.32. The predicted octanol–water partition coefficient (Wildman–Crippen LogP) is 2.52. The number of amides is 1. The first-order valence-electron chi connectivity index (χ1n) is 5.36. The third-order valence-corrected chi connectivity index (χ3v) is 1.67. The predicted molar refractivity (Wildman–Crippen MR) is 60.9 cm³/mol. The Morgan fingerprint density at radius 1 is 1.33 bits per heavy atom. The number of alkyl carbamates (subject to hydrolysis) is 1. The Hall–Kier alpha value is -1.06. The van der Waals surface area contributed by atoms with Crippen molar-refractivity contribution >= 4 is 12.4 Å². The molecule has 0 atom stereocenters. The number of ether oxygens (including phenoxy) is 1. The molecule has 0 aromatic rings. The van der Waals surface area contributed by atoms with Crippen LogP contribution < -0.4 is 5.32 Å². The first kappa shape index (κ1) is 13.9. The summed E-state index contributed by atoms with van der Waals surface area (Å²) in [6, 6.07) is 0. The number of nitrogens with one attached hydrogen (secondary N) is 1. The molecule has 1 amide bonds. The molecule has 4 heteroatoms. The largest absolute Gasteiger partial charge is 0.444 e. The van der Waals surface area contributed by atoms with Gasteiger partial charge in [0.1, 0.15) is 11.9 Å². The summed E-state index contributed by atoms with van der Waals surface area (Å²) in [5.41, 5.74) is -0.443. The number of unbranched alkanes of at least 4 members (excludes halogenated alkanes) is 3. The molecule has 0 bridgehead atoms. The van der Waals surface area contributed by atoms with Crippen molar-refractivity contribution in [2.24, 2.45) is 0 Å². The average molecular weight is 217 g/mol. The molecule has 0 saturated heterocycles. The zero-order valence-corrected chi connectivity index (χ0v) is 9.84. The van der Waals surface area contributed by atoms with Crippen LogP contribution in [0.5, 0.6) is 0 Å². The SMILES string of the molecule is CC(C)(C)OC(=O)NCCCCCC=O.[HH]. The molecule has 0 aromatic heterocycles. The number of hydrogen-bond acceptors (Lipinski definition) is 3. The standard InChI is InChI=1S/C11H21NO3.H2/c1-11(2,3)15-10(14)12-8-6-4-5-7-9-13;/h9H,4-8H2,1-3H3,(H,12,14);1H. The van der Waals surface area contributed by atoms with Gasteiger partial charge in [-0.2, -0.15) is 0 Å². The number of aldehydes is 1. The topological polar surface area (TPSA) is 55.4 Å². The molecule has 0 aliphatic rings. The van der Waals surface area contributed by atoms with Gasteiger partial charge in [-0.05, 0) is 33.6 Å². The minimum Gasteiger partial charge on any atom is -0.444 e. The van der Waals surface area contributed by atoms with Gasteiger partial charge in [-0.15, -0.1) is 0 Å². The molecule has 0 spiro atoms. The van der Waals surface area contributed by atoms with Gasteiger partial charge in [0.25, 0.3) is 0 Å². The van der Waals surface area contributed by atoms with E-state index in [1.807, 2.05) is 20.8 Å². The van der Waals surface area contributed by atoms with E-state index in [2.05, 4.69) is 5.32 Å². The van der Waals surface area contributed by atoms with Crippen LogP contribution in [-0.2, 0) is 9.53 Å². The maximum absolute atomic E-state index is 11.2. The van der Waals surface area contributed by atoms with Crippen LogP contribution in [0.1, 0.15) is 47.9 Å². The van der Waals surface area contributed by atoms with Crippen LogP contribution >= 0.6 is 0 Å². The fourth-order valence-corrected chi connectivity index (χ4v) is 1.03. The molecule has 0 fully saturated rings. The van der Waals surface area contributed by atoms with E-state index in [1.54, 1.807) is 0 Å². The quantitative estimate of drug-likeness (QED) is 0.549. The van der Waals surface area contributed by atoms with Crippen LogP contribution in [-0.4, -0.2) is 24.5 Å². The maximum atomic E-state index is 11.2. The van der Waals surface area contributed by atoms with E-state index < -0.39 is 5.60 Å². The van der Waals surface area contributed by atoms with Gasteiger partial charge >= 0.3 is 6.09 Å². The van der Waals surface area contributed by atoms with Crippen molar-refractivity contribution in [2.45, 2.75) is 52.1 Å². The average Bonchev–Trinajstić information content (AvgIpc) is 2.08. The van der Waals surface area contributed by atoms with Crippen molar-refractivity contribution in [3.63, 3.8) is 0 Å². The van der Waals surface area contributed by atoms with E-state index in [1.165, 1.54) is 0 Å². The van der Waals surface area contributed by atoms with Crippen LogP contribution in [0.3, 0.4) is 0 Å². The number of carbonyl (C=O) groups is 2. The van der Waals surface area contributed by atoms with Crippen molar-refractivity contribution in [3.05, 3.63) is 0 Å². The van der Waals surface area contributed by atoms with Crippen molar-refractivity contribution in [3.8, 4) is 0 Å². The highest BCUT2D eigenvalue weighted by Gasteiger charge is 2.15. The molecule has 0 heterocycles. The van der Waals surface area contributed by atoms with Gasteiger partial charge in [0.2, 0.25) is 0 Å². The molecule has 4 nitrogen and oxygen atoms in total. The third-order valence-electron chi connectivity index (χ3n) is 1.67. The first-order chi connectivity index (χ1) is 6.95. The highest BCUT2D eigenvalue weighted by atomic mass is 16.6. The molecule has 0 aromatic carbocycles. The van der Waals surface area contributed by atoms with Gasteiger partial charge in [0.15, 0.2) is 0 Å². The molecular formula is C11H23NO3. The van der Waals surface area contributed by atoms with Gasteiger partial charge in [-0.3, -0.25) is 0 Å². The van der Waals surface area contributed by atoms with Gasteiger partial charge in [0, 0.05) is 14.4 Å². The van der Waals surface area contributed by atoms with Gasteiger partial charge < -0.3 is 14.8 Å². The molecule has 15 heavy (non-hydrogen) atoms. The summed E-state index contributed by atoms with van der Waals surface area (Å²) in [4.78, 5) is 21.2. The van der Waals surface area contributed by atoms with Crippen molar-refractivity contribution < 1.29 is 15.8 Å². The zero-order valence-electron chi connectivity index (χ0n) is 9.84. The molecular weight excluding hydrogens is 194 g/mol. The summed E-state index contributed by atoms with van der Waals surface area (Å²) >= 11 is 0. The van der Waals surface area contributed by atoms with E-state index in [9.17, 15) is 9.59 Å². The summed E-state index contributed by atoms with van der Waals surface area (Å²) in [5.74, 6) is 0. The Kier molecular flexibility index (Phi) is 6.75. The number of carbonyl (C=O) groups excluding carboxylic acids is 2. The van der Waals surface area contributed by atoms with E-state index in [4.69, 9.17) is 4.74 Å². The normalized spacial score (nSPS) is 10.9. The molecule has 90 valence electrons. The number of hydrogen-bond donors (Lipinski definition) is 1. The second-order valence-corrected chi connectivity index (χ2v) is 4.44. The van der Waals surface area contributed by atoms with Crippen LogP contribution in [0.25, 0.3) is 0 Å². The lowest BCUT2D eigenvalue weighted by Gasteiger charge is -2.19. The first-order valence-corrected chi connectivity index (χ1v) is 5.36. The Bertz CT molecular complexity index is 202. The number of rotatable bonds is 6. The molecule has 0 unspecified atom stereocenters. The fourth-order valence-electron chi connectivity index (χ4n) is 1.03. The Balaban J connectivity index is 0. The highest BCUT2D eigenvalue weighted by molar-refractivity contribution is 5.67. The van der Waals surface area contributed by atoms with E-state index in [0.717, 1.165) is 25.5 Å². The highest BCUT2D eigenvalue weighted by Crippen LogP contribution is 2.06. The Morgan fingerprint density at radius 2 is 2.00 bits per heavy atom. The van der Waals surface area contributed by atoms with Crippen LogP contribution in [0.15, 0.2) is 0 Å². The van der Waals surface area contributed by atoms with Crippen LogP contribution in [0.2, 0.25) is 0 Å². The monoisotopic (exact) mass is 217 g/mol. The minimum atomic E-state index is -0.443. The lowest BCUT2D eigenvalue weighted by atomic mass is 10.2. The summed E-state index contributed by atoms with van der Waals surface area (Å²) in [6.45, 7) is 6.09. The molecule has 0 aliphatic heterocycles. The molecule has 0 saturated carbocycles. The van der Waals surface area contributed by atoms with Gasteiger partial charge in [-0.1, -0.05) is 6.42 Å². The second-order valence-electron chi connectivity index (χ2n) is 4.44. The second kappa shape index (κ2) is 7.26. The lowest BCUT2D eigenvalue weighted by molar-refractivity contribution is -0.107. The summed E-state index contributed by atoms with van der Waals surface area (Å²) < 4.78 is 5.06. The molecule has 0 aliphatic carbocycles. The van der Waals surface area contributed by atoms with Gasteiger partial charge in [0.05, 0.1) is 0 Å². The van der Waals surface area contributed by atoms with E-state index in [0.29, 0.717) is 13.0 Å². The van der Waals surface area contributed by atoms with Crippen molar-refractivity contribution in [1.29, 1.82) is 0 Å². The van der Waals surface area contributed by atoms with Crippen LogP contribution in [0.4, 0.5) is 4.79 Å². The summed E-state index contributed by atoms with van der Waals surface area (Å²) in [5, 5.41) is 2.67. The van der Waals surface area contributed by atoms with Crippen molar-refractivity contribution in [1.82, 2.24) is 5.32 Å². The minimum absolute atomic E-state index is 0. The Morgan fingerprint density at radius 3 is 2.53 bits per heavy atom. The third kappa shape index (κ3) is 10.9. The zero-order chi connectivity index (χ0) is 11.7. The smallest absolute Gasteiger partial charge is 0.407 e. The molecule has 1 N–H and O–H groups in total. The molecule has 0 rings (SSSR count). The maximum Gasteiger partial charge on any atom is 0.407 e. The van der Waals surface area contributed by atoms with Gasteiger partial charge in [-0.25, -0.2) is 4.79 Å². The van der Waals surface area contributed by atoms with E-state index >= 15 is 0 Å². The van der Waals surface area contributed by atoms with Crippen LogP contribution in [0, 0.1) is 0 Å². The Labute approximate surface area is 92.9 Å². The fraction of sp³-hybridized carbons (Fsp3) is 0.818. The summed E-state index contributed by atoms with van der Waals surface area (Å²) in [6.07, 6.45) is 3.87. The van der Waals surface area contributed by atoms with Crippen molar-refractivity contribution in [2.75, 3.05) is 6.54 Å².